The molecule has 0 aromatic carbocycles. The van der Waals surface area contributed by atoms with E-state index in [1.165, 1.54) is 0 Å². The van der Waals surface area contributed by atoms with Crippen molar-refractivity contribution >= 4 is 6.21 Å². The third-order valence-electron chi connectivity index (χ3n) is 0.927. The van der Waals surface area contributed by atoms with Gasteiger partial charge in [0.2, 0.25) is 0 Å². The molecule has 2 N–H and O–H groups in total. The van der Waals surface area contributed by atoms with Crippen LogP contribution in [-0.4, -0.2) is 24.5 Å². The molecule has 3 nitrogen and oxygen atoms in total. The molecule has 0 aromatic rings. The molecule has 0 bridgehead atoms. The van der Waals surface area contributed by atoms with Crippen molar-refractivity contribution in [2.24, 2.45) is 4.99 Å². The molecule has 8 heavy (non-hydrogen) atoms. The number of hydrogen-bond acceptors (Lipinski definition) is 3. The highest BCUT2D eigenvalue weighted by molar-refractivity contribution is 5.62. The molecular weight excluding hydrogens is 104 g/mol. The highest BCUT2D eigenvalue weighted by atomic mass is 16.3. The van der Waals surface area contributed by atoms with Crippen molar-refractivity contribution < 1.29 is 5.11 Å². The minimum absolute atomic E-state index is 0.0529. The van der Waals surface area contributed by atoms with Crippen LogP contribution in [0.5, 0.6) is 0 Å². The van der Waals surface area contributed by atoms with Crippen molar-refractivity contribution in [2.75, 3.05) is 13.2 Å². The predicted molar refractivity (Wildman–Crippen MR) is 31.7 cm³/mol. The number of rotatable bonds is 1. The largest absolute Gasteiger partial charge is 0.390 e. The van der Waals surface area contributed by atoms with Gasteiger partial charge in [-0.2, -0.15) is 0 Å². The van der Waals surface area contributed by atoms with Gasteiger partial charge in [-0.3, -0.25) is 4.99 Å². The van der Waals surface area contributed by atoms with Crippen LogP contribution in [0.15, 0.2) is 16.9 Å². The maximum absolute atomic E-state index is 8.49. The first-order chi connectivity index (χ1) is 3.93. The van der Waals surface area contributed by atoms with Crippen molar-refractivity contribution in [1.82, 2.24) is 5.32 Å². The zero-order chi connectivity index (χ0) is 5.82. The number of nitrogens with one attached hydrogen (secondary N) is 1. The van der Waals surface area contributed by atoms with Crippen LogP contribution in [0, 0.1) is 0 Å². The van der Waals surface area contributed by atoms with E-state index in [2.05, 4.69) is 10.3 Å². The maximum Gasteiger partial charge on any atom is 0.0843 e. The van der Waals surface area contributed by atoms with Crippen molar-refractivity contribution in [3.05, 3.63) is 11.9 Å². The van der Waals surface area contributed by atoms with E-state index >= 15 is 0 Å². The standard InChI is InChI=1S/C5H8N2O/c8-4-5-3-6-1-2-7-5/h1,3,7-8H,2,4H2. The molecule has 0 spiro atoms. The zero-order valence-electron chi connectivity index (χ0n) is 4.46. The molecule has 1 heterocycles. The fourth-order valence-electron chi connectivity index (χ4n) is 0.514. The lowest BCUT2D eigenvalue weighted by atomic mass is 10.4. The van der Waals surface area contributed by atoms with Crippen LogP contribution in [0.2, 0.25) is 0 Å². The second kappa shape index (κ2) is 2.47. The summed E-state index contributed by atoms with van der Waals surface area (Å²) in [6, 6.07) is 0. The predicted octanol–water partition coefficient (Wildman–Crippen LogP) is -0.506. The Morgan fingerprint density at radius 3 is 3.12 bits per heavy atom. The van der Waals surface area contributed by atoms with Gasteiger partial charge in [-0.05, 0) is 0 Å². The summed E-state index contributed by atoms with van der Waals surface area (Å²) in [7, 11) is 0. The highest BCUT2D eigenvalue weighted by Crippen LogP contribution is 1.89. The first kappa shape index (κ1) is 5.31. The molecule has 0 atom stereocenters. The van der Waals surface area contributed by atoms with Crippen molar-refractivity contribution in [3.8, 4) is 0 Å². The zero-order valence-corrected chi connectivity index (χ0v) is 4.46. The highest BCUT2D eigenvalue weighted by Gasteiger charge is 1.93. The molecule has 44 valence electrons. The van der Waals surface area contributed by atoms with E-state index in [0.717, 1.165) is 12.2 Å². The molecule has 1 aliphatic rings. The lowest BCUT2D eigenvalue weighted by molar-refractivity contribution is 0.322. The van der Waals surface area contributed by atoms with E-state index in [-0.39, 0.29) is 6.61 Å². The third kappa shape index (κ3) is 1.07. The van der Waals surface area contributed by atoms with Gasteiger partial charge in [-0.25, -0.2) is 0 Å². The van der Waals surface area contributed by atoms with Crippen molar-refractivity contribution in [1.29, 1.82) is 0 Å². The molecule has 3 heteroatoms. The van der Waals surface area contributed by atoms with E-state index in [1.807, 2.05) is 0 Å². The van der Waals surface area contributed by atoms with Crippen LogP contribution in [0.3, 0.4) is 0 Å². The van der Waals surface area contributed by atoms with E-state index < -0.39 is 0 Å². The molecule has 0 aromatic heterocycles. The average molecular weight is 112 g/mol. The molecule has 0 saturated carbocycles. The SMILES string of the molecule is OCC1=CN=CCN1. The van der Waals surface area contributed by atoms with E-state index in [9.17, 15) is 0 Å². The average Bonchev–Trinajstić information content (AvgIpc) is 1.90. The molecule has 1 aliphatic heterocycles. The number of aliphatic hydroxyl groups is 1. The number of hydrogen-bond donors (Lipinski definition) is 2. The van der Waals surface area contributed by atoms with Gasteiger partial charge in [0.25, 0.3) is 0 Å². The number of nitrogens with zero attached hydrogens (tertiary/aromatic N) is 1. The normalized spacial score (nSPS) is 17.4. The third-order valence-corrected chi connectivity index (χ3v) is 0.927. The first-order valence-electron chi connectivity index (χ1n) is 2.49. The molecule has 0 amide bonds. The lowest BCUT2D eigenvalue weighted by Gasteiger charge is -2.06. The van der Waals surface area contributed by atoms with Gasteiger partial charge in [0.05, 0.1) is 18.8 Å². The van der Waals surface area contributed by atoms with Gasteiger partial charge >= 0.3 is 0 Å². The molecule has 0 aliphatic carbocycles. The molecule has 0 fully saturated rings. The summed E-state index contributed by atoms with van der Waals surface area (Å²) in [5.74, 6) is 0. The second-order valence-corrected chi connectivity index (χ2v) is 1.52. The molecular formula is C5H8N2O. The van der Waals surface area contributed by atoms with Gasteiger partial charge in [-0.1, -0.05) is 0 Å². The van der Waals surface area contributed by atoms with Crippen LogP contribution in [-0.2, 0) is 0 Å². The summed E-state index contributed by atoms with van der Waals surface area (Å²) < 4.78 is 0. The summed E-state index contributed by atoms with van der Waals surface area (Å²) in [6.07, 6.45) is 3.36. The Bertz CT molecular complexity index is 128. The maximum atomic E-state index is 8.49. The number of aliphatic imine (C=N–C) groups is 1. The monoisotopic (exact) mass is 112 g/mol. The van der Waals surface area contributed by atoms with Crippen LogP contribution < -0.4 is 5.32 Å². The molecule has 0 unspecified atom stereocenters. The van der Waals surface area contributed by atoms with Gasteiger partial charge in [-0.15, -0.1) is 0 Å². The summed E-state index contributed by atoms with van der Waals surface area (Å²) in [4.78, 5) is 3.82. The summed E-state index contributed by atoms with van der Waals surface area (Å²) in [5, 5.41) is 11.4. The van der Waals surface area contributed by atoms with Crippen LogP contribution >= 0.6 is 0 Å². The van der Waals surface area contributed by atoms with Crippen LogP contribution in [0.1, 0.15) is 0 Å². The Balaban J connectivity index is 2.50. The fraction of sp³-hybridized carbons (Fsp3) is 0.400. The first-order valence-corrected chi connectivity index (χ1v) is 2.49. The second-order valence-electron chi connectivity index (χ2n) is 1.52. The number of aliphatic hydroxyl groups excluding tert-OH is 1. The summed E-state index contributed by atoms with van der Waals surface area (Å²) in [5.41, 5.74) is 0.785. The quantitative estimate of drug-likeness (QED) is 0.480. The van der Waals surface area contributed by atoms with E-state index in [1.54, 1.807) is 12.4 Å². The molecule has 0 radical (unpaired) electrons. The van der Waals surface area contributed by atoms with E-state index in [4.69, 9.17) is 5.11 Å². The van der Waals surface area contributed by atoms with Gasteiger partial charge in [0.15, 0.2) is 0 Å². The Morgan fingerprint density at radius 2 is 2.75 bits per heavy atom. The summed E-state index contributed by atoms with van der Waals surface area (Å²) >= 11 is 0. The van der Waals surface area contributed by atoms with Crippen LogP contribution in [0.25, 0.3) is 0 Å². The van der Waals surface area contributed by atoms with Crippen molar-refractivity contribution in [3.63, 3.8) is 0 Å². The minimum Gasteiger partial charge on any atom is -0.390 e. The molecule has 0 saturated heterocycles. The Morgan fingerprint density at radius 1 is 1.88 bits per heavy atom. The van der Waals surface area contributed by atoms with Gasteiger partial charge in [0.1, 0.15) is 0 Å². The minimum atomic E-state index is 0.0529. The Hall–Kier alpha value is -0.830. The smallest absolute Gasteiger partial charge is 0.0843 e. The van der Waals surface area contributed by atoms with Crippen LogP contribution in [0.4, 0.5) is 0 Å². The lowest BCUT2D eigenvalue weighted by Crippen LogP contribution is -2.20. The van der Waals surface area contributed by atoms with Gasteiger partial charge in [0, 0.05) is 12.4 Å². The molecule has 1 rings (SSSR count). The fourth-order valence-corrected chi connectivity index (χ4v) is 0.514. The van der Waals surface area contributed by atoms with Gasteiger partial charge < -0.3 is 10.4 Å². The Kier molecular flexibility index (Phi) is 1.64. The van der Waals surface area contributed by atoms with Crippen molar-refractivity contribution in [2.45, 2.75) is 0 Å². The van der Waals surface area contributed by atoms with E-state index in [0.29, 0.717) is 0 Å². The topological polar surface area (TPSA) is 44.6 Å². The summed E-state index contributed by atoms with van der Waals surface area (Å²) in [6.45, 7) is 0.781. The Labute approximate surface area is 47.7 Å².